The molecule has 6 nitrogen and oxygen atoms in total. The highest BCUT2D eigenvalue weighted by Gasteiger charge is 2.19. The molecule has 0 aliphatic carbocycles. The summed E-state index contributed by atoms with van der Waals surface area (Å²) in [5.41, 5.74) is 0. The molecule has 0 aromatic rings. The van der Waals surface area contributed by atoms with Crippen LogP contribution in [-0.2, 0) is 28.6 Å². The first-order valence-corrected chi connectivity index (χ1v) is 26.4. The van der Waals surface area contributed by atoms with Gasteiger partial charge < -0.3 is 14.2 Å². The van der Waals surface area contributed by atoms with E-state index in [1.54, 1.807) is 0 Å². The molecule has 0 amide bonds. The molecular formula is C57H98O6. The molecule has 362 valence electrons. The van der Waals surface area contributed by atoms with Crippen molar-refractivity contribution in [2.75, 3.05) is 13.2 Å². The van der Waals surface area contributed by atoms with Gasteiger partial charge in [-0.15, -0.1) is 0 Å². The van der Waals surface area contributed by atoms with Gasteiger partial charge in [0.1, 0.15) is 13.2 Å². The van der Waals surface area contributed by atoms with Gasteiger partial charge in [0.05, 0.1) is 0 Å². The summed E-state index contributed by atoms with van der Waals surface area (Å²) in [5.74, 6) is -0.946. The van der Waals surface area contributed by atoms with Gasteiger partial charge in [-0.25, -0.2) is 0 Å². The van der Waals surface area contributed by atoms with E-state index in [1.807, 2.05) is 0 Å². The molecule has 0 aliphatic rings. The Kier molecular flexibility index (Phi) is 48.9. The standard InChI is InChI=1S/C57H98O6/c1-4-7-10-13-16-19-22-25-28-31-34-37-40-43-46-49-55(58)61-52-54(63-57(60)51-48-45-42-39-36-33-30-27-24-21-18-15-12-9-6-3)53-62-56(59)50-47-44-41-38-35-32-29-26-23-20-17-14-11-8-5-2/h9,12,16,18-19,21,25,27-28,30,34,37,54H,4-8,10-11,13-15,17,20,22-24,26,29,31-33,35-36,38-53H2,1-3H3/b12-9-,19-16-,21-18-,28-25-,30-27-,37-34-/t54-/m1/s1. The maximum absolute atomic E-state index is 12.8. The Hall–Kier alpha value is -3.15. The van der Waals surface area contributed by atoms with Crippen molar-refractivity contribution in [3.63, 3.8) is 0 Å². The van der Waals surface area contributed by atoms with E-state index >= 15 is 0 Å². The number of carbonyl (C=O) groups is 3. The van der Waals surface area contributed by atoms with E-state index in [0.29, 0.717) is 19.3 Å². The second-order valence-corrected chi connectivity index (χ2v) is 17.4. The molecule has 63 heavy (non-hydrogen) atoms. The van der Waals surface area contributed by atoms with Crippen molar-refractivity contribution in [2.45, 2.75) is 258 Å². The molecule has 0 aliphatic heterocycles. The summed E-state index contributed by atoms with van der Waals surface area (Å²) < 4.78 is 16.8. The maximum Gasteiger partial charge on any atom is 0.306 e. The van der Waals surface area contributed by atoms with Crippen LogP contribution < -0.4 is 0 Å². The molecule has 1 atom stereocenters. The van der Waals surface area contributed by atoms with Crippen molar-refractivity contribution in [1.82, 2.24) is 0 Å². The third-order valence-electron chi connectivity index (χ3n) is 11.2. The monoisotopic (exact) mass is 879 g/mol. The Morgan fingerprint density at radius 1 is 0.333 bits per heavy atom. The first-order chi connectivity index (χ1) is 31.0. The van der Waals surface area contributed by atoms with E-state index in [9.17, 15) is 14.4 Å². The number of hydrogen-bond donors (Lipinski definition) is 0. The zero-order valence-corrected chi connectivity index (χ0v) is 41.3. The average Bonchev–Trinajstić information content (AvgIpc) is 3.28. The fourth-order valence-electron chi connectivity index (χ4n) is 7.23. The molecule has 0 heterocycles. The zero-order chi connectivity index (χ0) is 45.8. The van der Waals surface area contributed by atoms with E-state index in [2.05, 4.69) is 93.7 Å². The number of esters is 3. The number of unbranched alkanes of at least 4 members (excludes halogenated alkanes) is 24. The Morgan fingerprint density at radius 3 is 1.03 bits per heavy atom. The molecule has 0 N–H and O–H groups in total. The van der Waals surface area contributed by atoms with Gasteiger partial charge in [-0.3, -0.25) is 14.4 Å². The van der Waals surface area contributed by atoms with Crippen molar-refractivity contribution < 1.29 is 28.6 Å². The zero-order valence-electron chi connectivity index (χ0n) is 41.3. The molecule has 0 aromatic carbocycles. The van der Waals surface area contributed by atoms with E-state index in [0.717, 1.165) is 109 Å². The lowest BCUT2D eigenvalue weighted by atomic mass is 10.0. The molecule has 0 unspecified atom stereocenters. The first kappa shape index (κ1) is 59.9. The van der Waals surface area contributed by atoms with Gasteiger partial charge in [0, 0.05) is 19.3 Å². The van der Waals surface area contributed by atoms with Crippen LogP contribution in [-0.4, -0.2) is 37.2 Å². The van der Waals surface area contributed by atoms with Gasteiger partial charge >= 0.3 is 17.9 Å². The van der Waals surface area contributed by atoms with Crippen molar-refractivity contribution in [3.8, 4) is 0 Å². The predicted octanol–water partition coefficient (Wildman–Crippen LogP) is 17.4. The summed E-state index contributed by atoms with van der Waals surface area (Å²) in [6, 6.07) is 0. The summed E-state index contributed by atoms with van der Waals surface area (Å²) in [7, 11) is 0. The molecule has 0 rings (SSSR count). The molecule has 0 aromatic heterocycles. The molecule has 0 fully saturated rings. The summed E-state index contributed by atoms with van der Waals surface area (Å²) in [6.45, 7) is 6.46. The number of rotatable bonds is 47. The maximum atomic E-state index is 12.8. The lowest BCUT2D eigenvalue weighted by Gasteiger charge is -2.18. The van der Waals surface area contributed by atoms with Crippen LogP contribution in [0.1, 0.15) is 252 Å². The van der Waals surface area contributed by atoms with Gasteiger partial charge in [-0.2, -0.15) is 0 Å². The van der Waals surface area contributed by atoms with E-state index < -0.39 is 6.10 Å². The third kappa shape index (κ3) is 49.7. The minimum absolute atomic E-state index is 0.0930. The fourth-order valence-corrected chi connectivity index (χ4v) is 7.23. The van der Waals surface area contributed by atoms with Crippen molar-refractivity contribution in [1.29, 1.82) is 0 Å². The summed E-state index contributed by atoms with van der Waals surface area (Å²) >= 11 is 0. The lowest BCUT2D eigenvalue weighted by molar-refractivity contribution is -0.167. The number of carbonyl (C=O) groups excluding carboxylic acids is 3. The lowest BCUT2D eigenvalue weighted by Crippen LogP contribution is -2.30. The van der Waals surface area contributed by atoms with Crippen LogP contribution in [0.4, 0.5) is 0 Å². The smallest absolute Gasteiger partial charge is 0.306 e. The van der Waals surface area contributed by atoms with Gasteiger partial charge in [-0.1, -0.05) is 216 Å². The van der Waals surface area contributed by atoms with Crippen LogP contribution in [0.25, 0.3) is 0 Å². The van der Waals surface area contributed by atoms with Crippen molar-refractivity contribution in [3.05, 3.63) is 72.9 Å². The molecule has 0 saturated heterocycles. The highest BCUT2D eigenvalue weighted by atomic mass is 16.6. The number of allylic oxidation sites excluding steroid dienone is 12. The van der Waals surface area contributed by atoms with Gasteiger partial charge in [0.15, 0.2) is 6.10 Å². The van der Waals surface area contributed by atoms with Crippen molar-refractivity contribution >= 4 is 17.9 Å². The average molecular weight is 879 g/mol. The van der Waals surface area contributed by atoms with Crippen LogP contribution in [0.2, 0.25) is 0 Å². The molecule has 0 saturated carbocycles. The summed E-state index contributed by atoms with van der Waals surface area (Å²) in [6.07, 6.45) is 64.5. The van der Waals surface area contributed by atoms with Crippen molar-refractivity contribution in [2.24, 2.45) is 0 Å². The predicted molar refractivity (Wildman–Crippen MR) is 270 cm³/mol. The molecular weight excluding hydrogens is 781 g/mol. The van der Waals surface area contributed by atoms with Gasteiger partial charge in [0.2, 0.25) is 0 Å². The van der Waals surface area contributed by atoms with Gasteiger partial charge in [0.25, 0.3) is 0 Å². The van der Waals surface area contributed by atoms with E-state index in [-0.39, 0.29) is 31.1 Å². The Balaban J connectivity index is 4.46. The van der Waals surface area contributed by atoms with Crippen LogP contribution >= 0.6 is 0 Å². The van der Waals surface area contributed by atoms with Crippen LogP contribution in [0, 0.1) is 0 Å². The van der Waals surface area contributed by atoms with E-state index in [4.69, 9.17) is 14.2 Å². The minimum Gasteiger partial charge on any atom is -0.462 e. The fraction of sp³-hybridized carbons (Fsp3) is 0.737. The normalized spacial score (nSPS) is 12.6. The molecule has 0 radical (unpaired) electrons. The van der Waals surface area contributed by atoms with E-state index in [1.165, 1.54) is 103 Å². The number of hydrogen-bond acceptors (Lipinski definition) is 6. The Bertz CT molecular complexity index is 1190. The quantitative estimate of drug-likeness (QED) is 0.0262. The highest BCUT2D eigenvalue weighted by Crippen LogP contribution is 2.15. The third-order valence-corrected chi connectivity index (χ3v) is 11.2. The largest absolute Gasteiger partial charge is 0.462 e. The molecule has 6 heteroatoms. The van der Waals surface area contributed by atoms with Gasteiger partial charge in [-0.05, 0) is 89.9 Å². The van der Waals surface area contributed by atoms with Crippen LogP contribution in [0.5, 0.6) is 0 Å². The Morgan fingerprint density at radius 2 is 0.619 bits per heavy atom. The SMILES string of the molecule is CC/C=C\C/C=C\C/C=C\CCCCCCCC(=O)O[C@H](COC(=O)CCCC/C=C\C/C=C\C/C=C\CCCCC)COC(=O)CCCCCCCCCCCCCCCCC. The number of ether oxygens (including phenoxy) is 3. The van der Waals surface area contributed by atoms with Crippen LogP contribution in [0.3, 0.4) is 0 Å². The second kappa shape index (κ2) is 51.5. The topological polar surface area (TPSA) is 78.9 Å². The first-order valence-electron chi connectivity index (χ1n) is 26.4. The summed E-state index contributed by atoms with van der Waals surface area (Å²) in [5, 5.41) is 0. The van der Waals surface area contributed by atoms with Crippen LogP contribution in [0.15, 0.2) is 72.9 Å². The second-order valence-electron chi connectivity index (χ2n) is 17.4. The highest BCUT2D eigenvalue weighted by molar-refractivity contribution is 5.71. The molecule has 0 bridgehead atoms. The molecule has 0 spiro atoms. The summed E-state index contributed by atoms with van der Waals surface area (Å²) in [4.78, 5) is 38.0. The minimum atomic E-state index is -0.798. The Labute approximate surface area is 389 Å².